The Morgan fingerprint density at radius 3 is 2.38 bits per heavy atom. The number of carbonyl (C=O) groups is 1. The van der Waals surface area contributed by atoms with Crippen molar-refractivity contribution in [2.24, 2.45) is 5.92 Å². The molecule has 0 fully saturated rings. The molecule has 0 aromatic heterocycles. The van der Waals surface area contributed by atoms with E-state index in [2.05, 4.69) is 13.8 Å². The van der Waals surface area contributed by atoms with Gasteiger partial charge < -0.3 is 9.47 Å². The molecule has 0 bridgehead atoms. The molecule has 3 nitrogen and oxygen atoms in total. The first-order chi connectivity index (χ1) is 13.7. The van der Waals surface area contributed by atoms with Crippen LogP contribution in [0.4, 0.5) is 8.78 Å². The van der Waals surface area contributed by atoms with E-state index in [0.29, 0.717) is 29.4 Å². The summed E-state index contributed by atoms with van der Waals surface area (Å²) >= 11 is 0. The van der Waals surface area contributed by atoms with Crippen molar-refractivity contribution in [3.8, 4) is 16.9 Å². The van der Waals surface area contributed by atoms with E-state index in [9.17, 15) is 13.6 Å². The van der Waals surface area contributed by atoms with Crippen molar-refractivity contribution in [3.05, 3.63) is 54.1 Å². The van der Waals surface area contributed by atoms with Gasteiger partial charge in [-0.15, -0.1) is 0 Å². The highest BCUT2D eigenvalue weighted by molar-refractivity contribution is 5.79. The summed E-state index contributed by atoms with van der Waals surface area (Å²) in [6.07, 6.45) is 4.52. The molecule has 0 aliphatic carbocycles. The molecule has 158 valence electrons. The lowest BCUT2D eigenvalue weighted by molar-refractivity contribution is -0.160. The van der Waals surface area contributed by atoms with Gasteiger partial charge in [-0.05, 0) is 56.0 Å². The quantitative estimate of drug-likeness (QED) is 0.333. The van der Waals surface area contributed by atoms with Gasteiger partial charge in [0.05, 0.1) is 6.61 Å². The second-order valence-electron chi connectivity index (χ2n) is 7.96. The highest BCUT2D eigenvalue weighted by atomic mass is 19.1. The Kier molecular flexibility index (Phi) is 8.18. The number of carbonyl (C=O) groups excluding carboxylic acids is 1. The topological polar surface area (TPSA) is 35.5 Å². The van der Waals surface area contributed by atoms with E-state index in [1.54, 1.807) is 38.1 Å². The van der Waals surface area contributed by atoms with Crippen molar-refractivity contribution in [2.45, 2.75) is 59.0 Å². The third kappa shape index (κ3) is 6.84. The Morgan fingerprint density at radius 2 is 1.76 bits per heavy atom. The van der Waals surface area contributed by atoms with Crippen molar-refractivity contribution in [2.75, 3.05) is 6.61 Å². The zero-order chi connectivity index (χ0) is 21.4. The lowest BCUT2D eigenvalue weighted by atomic mass is 10.0. The summed E-state index contributed by atoms with van der Waals surface area (Å²) in [6, 6.07) is 10.1. The highest BCUT2D eigenvalue weighted by Gasteiger charge is 2.32. The lowest BCUT2D eigenvalue weighted by Gasteiger charge is -2.25. The summed E-state index contributed by atoms with van der Waals surface area (Å²) in [5.41, 5.74) is -0.254. The van der Waals surface area contributed by atoms with Crippen LogP contribution in [0.3, 0.4) is 0 Å². The monoisotopic (exact) mass is 404 g/mol. The molecular formula is C24H30F2O3. The second-order valence-corrected chi connectivity index (χ2v) is 7.96. The Hall–Kier alpha value is -2.43. The van der Waals surface area contributed by atoms with Gasteiger partial charge in [0.25, 0.3) is 0 Å². The highest BCUT2D eigenvalue weighted by Crippen LogP contribution is 2.27. The van der Waals surface area contributed by atoms with E-state index in [0.717, 1.165) is 18.9 Å². The maximum atomic E-state index is 13.9. The predicted octanol–water partition coefficient (Wildman–Crippen LogP) is 6.55. The fraction of sp³-hybridized carbons (Fsp3) is 0.458. The van der Waals surface area contributed by atoms with Gasteiger partial charge in [0, 0.05) is 11.6 Å². The van der Waals surface area contributed by atoms with E-state index in [-0.39, 0.29) is 0 Å². The van der Waals surface area contributed by atoms with Gasteiger partial charge in [-0.2, -0.15) is 0 Å². The minimum Gasteiger partial charge on any atom is -0.476 e. The summed E-state index contributed by atoms with van der Waals surface area (Å²) in [5.74, 6) is -0.893. The van der Waals surface area contributed by atoms with Crippen molar-refractivity contribution < 1.29 is 23.0 Å². The SMILES string of the molecule is CCCCCC(C)COC(=O)C(C)(C)Oc1ccc(-c2ccc(F)cc2F)cc1. The van der Waals surface area contributed by atoms with Crippen molar-refractivity contribution >= 4 is 5.97 Å². The van der Waals surface area contributed by atoms with Gasteiger partial charge in [-0.1, -0.05) is 45.2 Å². The number of ether oxygens (including phenoxy) is 2. The lowest BCUT2D eigenvalue weighted by Crippen LogP contribution is -2.40. The number of hydrogen-bond acceptors (Lipinski definition) is 3. The summed E-state index contributed by atoms with van der Waals surface area (Å²) in [4.78, 5) is 12.4. The Labute approximate surface area is 172 Å². The Morgan fingerprint density at radius 1 is 1.07 bits per heavy atom. The van der Waals surface area contributed by atoms with Crippen LogP contribution in [0.15, 0.2) is 42.5 Å². The molecular weight excluding hydrogens is 374 g/mol. The molecule has 2 aromatic rings. The van der Waals surface area contributed by atoms with E-state index in [1.807, 2.05) is 0 Å². The summed E-state index contributed by atoms with van der Waals surface area (Å²) in [6.45, 7) is 7.92. The summed E-state index contributed by atoms with van der Waals surface area (Å²) in [5, 5.41) is 0. The van der Waals surface area contributed by atoms with Crippen molar-refractivity contribution in [1.29, 1.82) is 0 Å². The van der Waals surface area contributed by atoms with Gasteiger partial charge in [0.1, 0.15) is 17.4 Å². The van der Waals surface area contributed by atoms with Crippen LogP contribution in [-0.2, 0) is 9.53 Å². The number of benzene rings is 2. The minimum atomic E-state index is -1.15. The van der Waals surface area contributed by atoms with E-state index >= 15 is 0 Å². The van der Waals surface area contributed by atoms with Gasteiger partial charge in [0.15, 0.2) is 5.60 Å². The second kappa shape index (κ2) is 10.4. The van der Waals surface area contributed by atoms with Crippen molar-refractivity contribution in [3.63, 3.8) is 0 Å². The van der Waals surface area contributed by atoms with Gasteiger partial charge >= 0.3 is 5.97 Å². The van der Waals surface area contributed by atoms with Crippen molar-refractivity contribution in [1.82, 2.24) is 0 Å². The molecule has 0 heterocycles. The van der Waals surface area contributed by atoms with Crippen LogP contribution < -0.4 is 4.74 Å². The largest absolute Gasteiger partial charge is 0.476 e. The molecule has 2 rings (SSSR count). The zero-order valence-electron chi connectivity index (χ0n) is 17.6. The first-order valence-corrected chi connectivity index (χ1v) is 10.1. The zero-order valence-corrected chi connectivity index (χ0v) is 17.6. The molecule has 29 heavy (non-hydrogen) atoms. The molecule has 0 saturated heterocycles. The molecule has 5 heteroatoms. The average molecular weight is 404 g/mol. The Balaban J connectivity index is 1.94. The van der Waals surface area contributed by atoms with Crippen LogP contribution >= 0.6 is 0 Å². The molecule has 1 atom stereocenters. The van der Waals surface area contributed by atoms with Crippen LogP contribution in [0.2, 0.25) is 0 Å². The summed E-state index contributed by atoms with van der Waals surface area (Å²) in [7, 11) is 0. The number of rotatable bonds is 10. The number of unbranched alkanes of at least 4 members (excludes halogenated alkanes) is 2. The number of esters is 1. The van der Waals surface area contributed by atoms with Crippen LogP contribution in [-0.4, -0.2) is 18.2 Å². The van der Waals surface area contributed by atoms with Gasteiger partial charge in [-0.25, -0.2) is 13.6 Å². The predicted molar refractivity (Wildman–Crippen MR) is 111 cm³/mol. The third-order valence-corrected chi connectivity index (χ3v) is 4.76. The van der Waals surface area contributed by atoms with Crippen LogP contribution in [0.1, 0.15) is 53.4 Å². The maximum Gasteiger partial charge on any atom is 0.349 e. The van der Waals surface area contributed by atoms with Crippen LogP contribution in [0, 0.1) is 17.6 Å². The molecule has 0 aliphatic rings. The molecule has 0 amide bonds. The minimum absolute atomic E-state index is 0.300. The molecule has 2 aromatic carbocycles. The van der Waals surface area contributed by atoms with E-state index < -0.39 is 23.2 Å². The fourth-order valence-electron chi connectivity index (χ4n) is 2.98. The standard InChI is InChI=1S/C24H30F2O3/c1-5-6-7-8-17(2)16-28-23(27)24(3,4)29-20-12-9-18(10-13-20)21-14-11-19(25)15-22(21)26/h9-15,17H,5-8,16H2,1-4H3. The molecule has 0 radical (unpaired) electrons. The average Bonchev–Trinajstić information content (AvgIpc) is 2.67. The van der Waals surface area contributed by atoms with Gasteiger partial charge in [0.2, 0.25) is 0 Å². The molecule has 0 spiro atoms. The van der Waals surface area contributed by atoms with Crippen LogP contribution in [0.5, 0.6) is 5.75 Å². The van der Waals surface area contributed by atoms with E-state index in [1.165, 1.54) is 25.0 Å². The van der Waals surface area contributed by atoms with Gasteiger partial charge in [-0.3, -0.25) is 0 Å². The first-order valence-electron chi connectivity index (χ1n) is 10.1. The molecule has 0 aliphatic heterocycles. The number of halogens is 2. The van der Waals surface area contributed by atoms with E-state index in [4.69, 9.17) is 9.47 Å². The normalized spacial score (nSPS) is 12.5. The maximum absolute atomic E-state index is 13.9. The molecule has 1 unspecified atom stereocenters. The smallest absolute Gasteiger partial charge is 0.349 e. The third-order valence-electron chi connectivity index (χ3n) is 4.76. The number of hydrogen-bond donors (Lipinski definition) is 0. The first kappa shape index (κ1) is 22.9. The molecule has 0 N–H and O–H groups in total. The fourth-order valence-corrected chi connectivity index (χ4v) is 2.98. The van der Waals surface area contributed by atoms with Crippen LogP contribution in [0.25, 0.3) is 11.1 Å². The Bertz CT molecular complexity index is 800. The molecule has 0 saturated carbocycles. The summed E-state index contributed by atoms with van der Waals surface area (Å²) < 4.78 is 38.3.